The Bertz CT molecular complexity index is 759. The van der Waals surface area contributed by atoms with Crippen LogP contribution in [0.3, 0.4) is 0 Å². The van der Waals surface area contributed by atoms with Crippen molar-refractivity contribution < 1.29 is 14.3 Å². The smallest absolute Gasteiger partial charge is 0.307 e. The lowest BCUT2D eigenvalue weighted by atomic mass is 9.50. The summed E-state index contributed by atoms with van der Waals surface area (Å²) in [7, 11) is 0. The number of fused-ring (bicyclic) bond motifs is 5. The van der Waals surface area contributed by atoms with Gasteiger partial charge in [-0.05, 0) is 81.1 Å². The zero-order valence-electron chi connectivity index (χ0n) is 18.9. The number of allylic oxidation sites excluding steroid dienone is 1. The van der Waals surface area contributed by atoms with Crippen LogP contribution >= 0.6 is 0 Å². The van der Waals surface area contributed by atoms with E-state index in [1.807, 2.05) is 6.08 Å². The summed E-state index contributed by atoms with van der Waals surface area (Å²) >= 11 is 0. The molecule has 0 spiro atoms. The maximum absolute atomic E-state index is 12.7. The molecule has 0 unspecified atom stereocenters. The lowest BCUT2D eigenvalue weighted by molar-refractivity contribution is -0.170. The fraction of sp³-hybridized carbons (Fsp3) is 0.778. The normalized spacial score (nSPS) is 39.9. The minimum Gasteiger partial charge on any atom is -0.445 e. The van der Waals surface area contributed by atoms with E-state index in [1.165, 1.54) is 12.0 Å². The summed E-state index contributed by atoms with van der Waals surface area (Å²) in [6.45, 7) is 4.48. The quantitative estimate of drug-likeness (QED) is 0.306. The van der Waals surface area contributed by atoms with Gasteiger partial charge in [0.05, 0.1) is 0 Å². The van der Waals surface area contributed by atoms with Gasteiger partial charge in [-0.25, -0.2) is 0 Å². The number of terminal acetylenes is 1. The van der Waals surface area contributed by atoms with Crippen molar-refractivity contribution in [3.8, 4) is 12.3 Å². The van der Waals surface area contributed by atoms with E-state index in [1.54, 1.807) is 0 Å². The highest BCUT2D eigenvalue weighted by atomic mass is 16.6. The van der Waals surface area contributed by atoms with E-state index in [0.717, 1.165) is 64.2 Å². The lowest BCUT2D eigenvalue weighted by Gasteiger charge is -2.55. The highest BCUT2D eigenvalue weighted by molar-refractivity contribution is 5.91. The van der Waals surface area contributed by atoms with Crippen LogP contribution in [0.4, 0.5) is 0 Å². The Morgan fingerprint density at radius 3 is 2.73 bits per heavy atom. The van der Waals surface area contributed by atoms with E-state index in [2.05, 4.69) is 19.8 Å². The van der Waals surface area contributed by atoms with Crippen molar-refractivity contribution in [3.05, 3.63) is 11.6 Å². The van der Waals surface area contributed by atoms with Crippen LogP contribution in [-0.4, -0.2) is 17.4 Å². The topological polar surface area (TPSA) is 43.4 Å². The van der Waals surface area contributed by atoms with Crippen LogP contribution in [0.5, 0.6) is 0 Å². The molecule has 0 aromatic heterocycles. The molecule has 3 fully saturated rings. The average Bonchev–Trinajstić information content (AvgIpc) is 3.03. The number of carbonyl (C=O) groups is 2. The lowest BCUT2D eigenvalue weighted by Crippen LogP contribution is -2.53. The van der Waals surface area contributed by atoms with Crippen molar-refractivity contribution in [2.45, 2.75) is 103 Å². The van der Waals surface area contributed by atoms with E-state index < -0.39 is 5.60 Å². The van der Waals surface area contributed by atoms with Crippen molar-refractivity contribution in [2.75, 3.05) is 0 Å². The summed E-state index contributed by atoms with van der Waals surface area (Å²) < 4.78 is 6.17. The minimum absolute atomic E-state index is 0.104. The first-order chi connectivity index (χ1) is 14.4. The molecule has 3 nitrogen and oxygen atoms in total. The molecule has 30 heavy (non-hydrogen) atoms. The number of hydrogen-bond acceptors (Lipinski definition) is 3. The highest BCUT2D eigenvalue weighted by Gasteiger charge is 2.64. The molecule has 0 aromatic carbocycles. The SMILES string of the molecule is C#C[C@]1(OC(=O)CCCCCC)CC[C@@H]2[C@@H]3CCC4=CC(=O)CC[C@@H]4[C@H]3CC[C@]21C. The van der Waals surface area contributed by atoms with Gasteiger partial charge < -0.3 is 4.74 Å². The number of unbranched alkanes of at least 4 members (excludes halogenated alkanes) is 3. The first-order valence-corrected chi connectivity index (χ1v) is 12.4. The molecule has 4 aliphatic carbocycles. The number of carbonyl (C=O) groups excluding carboxylic acids is 2. The number of ether oxygens (including phenoxy) is 1. The molecule has 0 bridgehead atoms. The van der Waals surface area contributed by atoms with Crippen molar-refractivity contribution in [2.24, 2.45) is 29.1 Å². The highest BCUT2D eigenvalue weighted by Crippen LogP contribution is 2.65. The molecule has 0 radical (unpaired) electrons. The standard InChI is InChI=1S/C27H38O3/c1-4-6-7-8-9-25(29)30-27(5-2)17-15-24-23-12-10-19-18-20(28)11-13-21(19)22(23)14-16-26(24,27)3/h2,18,21-24H,4,6-17H2,1,3H3/t21-,22+,23+,24+,26+,27-/m0/s1. The second-order valence-corrected chi connectivity index (χ2v) is 10.6. The largest absolute Gasteiger partial charge is 0.445 e. The van der Waals surface area contributed by atoms with Gasteiger partial charge in [-0.1, -0.05) is 44.6 Å². The van der Waals surface area contributed by atoms with Gasteiger partial charge in [0.15, 0.2) is 11.4 Å². The Kier molecular flexibility index (Phi) is 6.16. The third-order valence-electron chi connectivity index (χ3n) is 9.18. The first kappa shape index (κ1) is 21.7. The third kappa shape index (κ3) is 3.55. The summed E-state index contributed by atoms with van der Waals surface area (Å²) in [5.74, 6) is 5.67. The maximum Gasteiger partial charge on any atom is 0.307 e. The molecule has 0 aliphatic heterocycles. The summed E-state index contributed by atoms with van der Waals surface area (Å²) in [5, 5.41) is 0. The molecule has 6 atom stereocenters. The number of rotatable bonds is 6. The van der Waals surface area contributed by atoms with Crippen molar-refractivity contribution in [1.82, 2.24) is 0 Å². The van der Waals surface area contributed by atoms with E-state index in [9.17, 15) is 9.59 Å². The monoisotopic (exact) mass is 410 g/mol. The molecular weight excluding hydrogens is 372 g/mol. The molecule has 4 rings (SSSR count). The predicted molar refractivity (Wildman–Crippen MR) is 119 cm³/mol. The molecule has 0 N–H and O–H groups in total. The fourth-order valence-electron chi connectivity index (χ4n) is 7.55. The minimum atomic E-state index is -0.733. The van der Waals surface area contributed by atoms with Crippen molar-refractivity contribution in [3.63, 3.8) is 0 Å². The molecule has 3 heteroatoms. The molecule has 164 valence electrons. The molecule has 3 saturated carbocycles. The first-order valence-electron chi connectivity index (χ1n) is 12.4. The van der Waals surface area contributed by atoms with Gasteiger partial charge in [-0.15, -0.1) is 6.42 Å². The van der Waals surface area contributed by atoms with E-state index in [0.29, 0.717) is 42.3 Å². The summed E-state index contributed by atoms with van der Waals surface area (Å²) in [6, 6.07) is 0. The van der Waals surface area contributed by atoms with Gasteiger partial charge in [0.2, 0.25) is 0 Å². The number of hydrogen-bond donors (Lipinski definition) is 0. The van der Waals surface area contributed by atoms with Crippen LogP contribution in [0.25, 0.3) is 0 Å². The van der Waals surface area contributed by atoms with Crippen LogP contribution in [0.1, 0.15) is 97.3 Å². The van der Waals surface area contributed by atoms with Gasteiger partial charge in [0, 0.05) is 18.3 Å². The van der Waals surface area contributed by atoms with Crippen LogP contribution in [-0.2, 0) is 14.3 Å². The molecule has 0 aromatic rings. The summed E-state index contributed by atoms with van der Waals surface area (Å²) in [6.07, 6.45) is 20.9. The molecule has 0 amide bonds. The van der Waals surface area contributed by atoms with E-state index in [4.69, 9.17) is 11.2 Å². The molecular formula is C27H38O3. The van der Waals surface area contributed by atoms with Crippen LogP contribution in [0.15, 0.2) is 11.6 Å². The summed E-state index contributed by atoms with van der Waals surface area (Å²) in [5.41, 5.74) is 0.562. The second-order valence-electron chi connectivity index (χ2n) is 10.6. The third-order valence-corrected chi connectivity index (χ3v) is 9.18. The van der Waals surface area contributed by atoms with Crippen LogP contribution in [0.2, 0.25) is 0 Å². The Morgan fingerprint density at radius 2 is 1.97 bits per heavy atom. The Morgan fingerprint density at radius 1 is 1.13 bits per heavy atom. The molecule has 4 aliphatic rings. The summed E-state index contributed by atoms with van der Waals surface area (Å²) in [4.78, 5) is 24.6. The van der Waals surface area contributed by atoms with Gasteiger partial charge in [-0.3, -0.25) is 9.59 Å². The molecule has 0 heterocycles. The van der Waals surface area contributed by atoms with Crippen LogP contribution < -0.4 is 0 Å². The Balaban J connectivity index is 1.49. The maximum atomic E-state index is 12.7. The Hall–Kier alpha value is -1.56. The van der Waals surface area contributed by atoms with Crippen LogP contribution in [0, 0.1) is 41.4 Å². The predicted octanol–water partition coefficient (Wildman–Crippen LogP) is 6.01. The molecule has 0 saturated heterocycles. The number of ketones is 1. The Labute approximate surface area is 182 Å². The van der Waals surface area contributed by atoms with Gasteiger partial charge in [-0.2, -0.15) is 0 Å². The van der Waals surface area contributed by atoms with Gasteiger partial charge >= 0.3 is 5.97 Å². The van der Waals surface area contributed by atoms with Gasteiger partial charge in [0.25, 0.3) is 0 Å². The number of esters is 1. The van der Waals surface area contributed by atoms with Crippen molar-refractivity contribution >= 4 is 11.8 Å². The van der Waals surface area contributed by atoms with Crippen molar-refractivity contribution in [1.29, 1.82) is 0 Å². The van der Waals surface area contributed by atoms with Gasteiger partial charge in [0.1, 0.15) is 0 Å². The van der Waals surface area contributed by atoms with E-state index in [-0.39, 0.29) is 11.4 Å². The zero-order valence-corrected chi connectivity index (χ0v) is 18.9. The average molecular weight is 411 g/mol. The zero-order chi connectivity index (χ0) is 21.4. The fourth-order valence-corrected chi connectivity index (χ4v) is 7.55. The van der Waals surface area contributed by atoms with E-state index >= 15 is 0 Å². The second kappa shape index (κ2) is 8.52.